The van der Waals surface area contributed by atoms with Gasteiger partial charge in [-0.15, -0.1) is 11.8 Å². The van der Waals surface area contributed by atoms with E-state index in [0.717, 1.165) is 0 Å². The summed E-state index contributed by atoms with van der Waals surface area (Å²) in [6, 6.07) is 0. The van der Waals surface area contributed by atoms with Crippen molar-refractivity contribution in [2.75, 3.05) is 0 Å². The third-order valence-electron chi connectivity index (χ3n) is 9.85. The number of hydrogen-bond donors (Lipinski definition) is 0. The molecule has 0 N–H and O–H groups in total. The first-order chi connectivity index (χ1) is 20.1. The maximum atomic E-state index is 2.63. The Hall–Kier alpha value is 0.350. The van der Waals surface area contributed by atoms with Crippen LogP contribution in [-0.2, 0) is 0 Å². The summed E-state index contributed by atoms with van der Waals surface area (Å²) in [4.78, 5) is 0. The average molecular weight is 595 g/mol. The van der Waals surface area contributed by atoms with Gasteiger partial charge < -0.3 is 0 Å². The molecular weight excluding hydrogens is 513 g/mol. The Kier molecular flexibility index (Phi) is 30.6. The van der Waals surface area contributed by atoms with Crippen LogP contribution in [0.4, 0.5) is 0 Å². The molecule has 0 heterocycles. The van der Waals surface area contributed by atoms with E-state index in [0.29, 0.717) is 9.49 Å². The first-order valence-corrected chi connectivity index (χ1v) is 20.6. The molecule has 0 amide bonds. The molecule has 0 atom stereocenters. The molecule has 0 saturated carbocycles. The summed E-state index contributed by atoms with van der Waals surface area (Å²) in [6.45, 7) is 14.3. The Bertz CT molecular complexity index is 433. The zero-order valence-electron chi connectivity index (χ0n) is 30.0. The molecule has 248 valence electrons. The highest BCUT2D eigenvalue weighted by molar-refractivity contribution is 8.02. The monoisotopic (exact) mass is 595 g/mol. The SMILES string of the molecule is CCCCCCCCCC(CCCCC)(CCCCC)SC(CCCCC)(CCCCC)CCCCCCCCC. The molecule has 0 radical (unpaired) electrons. The van der Waals surface area contributed by atoms with Gasteiger partial charge in [-0.3, -0.25) is 0 Å². The van der Waals surface area contributed by atoms with E-state index >= 15 is 0 Å². The summed E-state index contributed by atoms with van der Waals surface area (Å²) in [5, 5.41) is 0. The van der Waals surface area contributed by atoms with E-state index in [1.54, 1.807) is 0 Å². The van der Waals surface area contributed by atoms with Crippen molar-refractivity contribution in [3.8, 4) is 0 Å². The van der Waals surface area contributed by atoms with Gasteiger partial charge in [-0.2, -0.15) is 0 Å². The highest BCUT2D eigenvalue weighted by atomic mass is 32.2. The first-order valence-electron chi connectivity index (χ1n) is 19.8. The Balaban J connectivity index is 5.87. The summed E-state index contributed by atoms with van der Waals surface area (Å²) < 4.78 is 1.07. The molecule has 0 aromatic heterocycles. The normalized spacial score (nSPS) is 12.4. The predicted molar refractivity (Wildman–Crippen MR) is 195 cm³/mol. The van der Waals surface area contributed by atoms with E-state index in [4.69, 9.17) is 0 Å². The summed E-state index contributed by atoms with van der Waals surface area (Å²) in [7, 11) is 0. The molecule has 0 bridgehead atoms. The Labute approximate surface area is 267 Å². The number of hydrogen-bond acceptors (Lipinski definition) is 1. The first kappa shape index (κ1) is 41.4. The van der Waals surface area contributed by atoms with Crippen LogP contribution in [0.1, 0.15) is 247 Å². The van der Waals surface area contributed by atoms with E-state index in [1.165, 1.54) is 205 Å². The molecule has 0 saturated heterocycles. The van der Waals surface area contributed by atoms with E-state index in [1.807, 2.05) is 0 Å². The van der Waals surface area contributed by atoms with Crippen LogP contribution in [0.15, 0.2) is 0 Å². The van der Waals surface area contributed by atoms with Crippen LogP contribution in [0.3, 0.4) is 0 Å². The lowest BCUT2D eigenvalue weighted by molar-refractivity contribution is 0.376. The smallest absolute Gasteiger partial charge is 0.0165 e. The minimum absolute atomic E-state index is 0.535. The fourth-order valence-corrected chi connectivity index (χ4v) is 9.51. The lowest BCUT2D eigenvalue weighted by Crippen LogP contribution is -2.36. The minimum Gasteiger partial charge on any atom is -0.148 e. The van der Waals surface area contributed by atoms with Gasteiger partial charge in [0.05, 0.1) is 0 Å². The fraction of sp³-hybridized carbons (Fsp3) is 1.00. The summed E-state index contributed by atoms with van der Waals surface area (Å²) in [6.07, 6.45) is 46.3. The van der Waals surface area contributed by atoms with E-state index in [-0.39, 0.29) is 0 Å². The molecule has 0 aliphatic rings. The summed E-state index contributed by atoms with van der Waals surface area (Å²) in [5.74, 6) is 0. The van der Waals surface area contributed by atoms with Crippen LogP contribution in [0.2, 0.25) is 0 Å². The van der Waals surface area contributed by atoms with Gasteiger partial charge in [0.25, 0.3) is 0 Å². The second kappa shape index (κ2) is 30.4. The van der Waals surface area contributed by atoms with Gasteiger partial charge in [-0.25, -0.2) is 0 Å². The van der Waals surface area contributed by atoms with Crippen LogP contribution in [0.5, 0.6) is 0 Å². The van der Waals surface area contributed by atoms with E-state index in [9.17, 15) is 0 Å². The molecule has 0 rings (SSSR count). The topological polar surface area (TPSA) is 0 Å². The van der Waals surface area contributed by atoms with Gasteiger partial charge in [0.1, 0.15) is 0 Å². The lowest BCUT2D eigenvalue weighted by Gasteiger charge is -2.45. The highest BCUT2D eigenvalue weighted by Gasteiger charge is 2.40. The van der Waals surface area contributed by atoms with Gasteiger partial charge in [-0.05, 0) is 38.5 Å². The van der Waals surface area contributed by atoms with E-state index < -0.39 is 0 Å². The molecule has 0 unspecified atom stereocenters. The summed E-state index contributed by atoms with van der Waals surface area (Å²) >= 11 is 2.63. The molecule has 1 heteroatoms. The lowest BCUT2D eigenvalue weighted by atomic mass is 9.87. The van der Waals surface area contributed by atoms with Crippen molar-refractivity contribution in [3.05, 3.63) is 0 Å². The maximum Gasteiger partial charge on any atom is 0.0165 e. The minimum atomic E-state index is 0.535. The standard InChI is InChI=1S/C40H82S/c1-7-13-19-21-23-25-31-37-39(33-27-15-9-3,34-28-16-10-4)41-40(35-29-17-11-5,36-30-18-12-6)38-32-26-24-22-20-14-8-2/h7-38H2,1-6H3. The van der Waals surface area contributed by atoms with Gasteiger partial charge >= 0.3 is 0 Å². The number of unbranched alkanes of at least 4 members (excludes halogenated alkanes) is 20. The van der Waals surface area contributed by atoms with Crippen LogP contribution in [0.25, 0.3) is 0 Å². The zero-order valence-corrected chi connectivity index (χ0v) is 30.9. The Morgan fingerprint density at radius 3 is 0.659 bits per heavy atom. The van der Waals surface area contributed by atoms with Gasteiger partial charge in [0.15, 0.2) is 0 Å². The molecule has 0 spiro atoms. The second-order valence-corrected chi connectivity index (χ2v) is 16.0. The van der Waals surface area contributed by atoms with Gasteiger partial charge in [0, 0.05) is 9.49 Å². The Morgan fingerprint density at radius 1 is 0.244 bits per heavy atom. The molecule has 0 fully saturated rings. The van der Waals surface area contributed by atoms with Crippen molar-refractivity contribution >= 4 is 11.8 Å². The van der Waals surface area contributed by atoms with Crippen LogP contribution in [-0.4, -0.2) is 9.49 Å². The van der Waals surface area contributed by atoms with E-state index in [2.05, 4.69) is 53.3 Å². The quantitative estimate of drug-likeness (QED) is 0.0668. The number of thioether (sulfide) groups is 1. The van der Waals surface area contributed by atoms with Crippen molar-refractivity contribution in [1.82, 2.24) is 0 Å². The van der Waals surface area contributed by atoms with Crippen molar-refractivity contribution in [2.45, 2.75) is 257 Å². The van der Waals surface area contributed by atoms with Crippen molar-refractivity contribution in [3.63, 3.8) is 0 Å². The van der Waals surface area contributed by atoms with Crippen LogP contribution in [0, 0.1) is 0 Å². The van der Waals surface area contributed by atoms with Crippen LogP contribution < -0.4 is 0 Å². The molecule has 0 aliphatic carbocycles. The third kappa shape index (κ3) is 23.4. The molecule has 0 aliphatic heterocycles. The fourth-order valence-electron chi connectivity index (χ4n) is 7.11. The predicted octanol–water partition coefficient (Wildman–Crippen LogP) is 15.8. The largest absolute Gasteiger partial charge is 0.148 e. The second-order valence-electron chi connectivity index (χ2n) is 14.0. The molecule has 0 aromatic rings. The van der Waals surface area contributed by atoms with Crippen LogP contribution >= 0.6 is 11.8 Å². The third-order valence-corrected chi connectivity index (χ3v) is 11.9. The van der Waals surface area contributed by atoms with Gasteiger partial charge in [-0.1, -0.05) is 208 Å². The number of rotatable bonds is 34. The zero-order chi connectivity index (χ0) is 30.3. The molecule has 41 heavy (non-hydrogen) atoms. The molecular formula is C40H82S. The average Bonchev–Trinajstić information content (AvgIpc) is 2.97. The van der Waals surface area contributed by atoms with Gasteiger partial charge in [0.2, 0.25) is 0 Å². The molecule has 0 aromatic carbocycles. The van der Waals surface area contributed by atoms with Crippen molar-refractivity contribution in [2.24, 2.45) is 0 Å². The van der Waals surface area contributed by atoms with Crippen molar-refractivity contribution in [1.29, 1.82) is 0 Å². The Morgan fingerprint density at radius 2 is 0.415 bits per heavy atom. The maximum absolute atomic E-state index is 2.63. The molecule has 0 nitrogen and oxygen atoms in total. The summed E-state index contributed by atoms with van der Waals surface area (Å²) in [5.41, 5.74) is 0. The highest BCUT2D eigenvalue weighted by Crippen LogP contribution is 2.53. The van der Waals surface area contributed by atoms with Crippen molar-refractivity contribution < 1.29 is 0 Å².